The van der Waals surface area contributed by atoms with Crippen molar-refractivity contribution in [3.63, 3.8) is 0 Å². The predicted molar refractivity (Wildman–Crippen MR) is 134 cm³/mol. The van der Waals surface area contributed by atoms with E-state index < -0.39 is 6.03 Å². The molecule has 4 rings (SSSR count). The van der Waals surface area contributed by atoms with Crippen LogP contribution in [0.5, 0.6) is 17.2 Å². The van der Waals surface area contributed by atoms with Crippen molar-refractivity contribution >= 4 is 45.7 Å². The minimum Gasteiger partial charge on any atom is -0.495 e. The fraction of sp³-hybridized carbons (Fsp3) is 0.208. The van der Waals surface area contributed by atoms with Crippen molar-refractivity contribution in [1.29, 1.82) is 0 Å². The first-order valence-electron chi connectivity index (χ1n) is 10.5. The summed E-state index contributed by atoms with van der Waals surface area (Å²) in [6, 6.07) is 11.5. The summed E-state index contributed by atoms with van der Waals surface area (Å²) in [6.45, 7) is 6.12. The van der Waals surface area contributed by atoms with E-state index in [9.17, 15) is 4.79 Å². The molecule has 0 saturated heterocycles. The highest BCUT2D eigenvalue weighted by atomic mass is 35.5. The van der Waals surface area contributed by atoms with Crippen molar-refractivity contribution in [1.82, 2.24) is 15.2 Å². The van der Waals surface area contributed by atoms with Crippen LogP contribution in [0.1, 0.15) is 26.5 Å². The highest BCUT2D eigenvalue weighted by molar-refractivity contribution is 6.34. The van der Waals surface area contributed by atoms with Gasteiger partial charge >= 0.3 is 6.03 Å². The first-order valence-corrected chi connectivity index (χ1v) is 10.9. The second-order valence-electron chi connectivity index (χ2n) is 8.66. The number of H-pyrrole nitrogens is 1. The number of anilines is 3. The number of carbonyl (C=O) groups excluding carboxylic acids is 1. The Labute approximate surface area is 201 Å². The molecule has 10 heteroatoms. The van der Waals surface area contributed by atoms with Gasteiger partial charge in [-0.3, -0.25) is 15.4 Å². The third-order valence-electron chi connectivity index (χ3n) is 5.06. The smallest absolute Gasteiger partial charge is 0.324 e. The summed E-state index contributed by atoms with van der Waals surface area (Å²) in [5.41, 5.74) is 8.33. The second-order valence-corrected chi connectivity index (χ2v) is 9.07. The highest BCUT2D eigenvalue weighted by Crippen LogP contribution is 2.36. The van der Waals surface area contributed by atoms with Gasteiger partial charge in [-0.2, -0.15) is 5.10 Å². The van der Waals surface area contributed by atoms with Crippen LogP contribution in [0, 0.1) is 0 Å². The van der Waals surface area contributed by atoms with Crippen molar-refractivity contribution < 1.29 is 14.3 Å². The fourth-order valence-electron chi connectivity index (χ4n) is 3.26. The summed E-state index contributed by atoms with van der Waals surface area (Å²) in [7, 11) is 1.55. The number of aromatic amines is 1. The number of ether oxygens (including phenoxy) is 2. The van der Waals surface area contributed by atoms with Gasteiger partial charge in [0.1, 0.15) is 23.1 Å². The Morgan fingerprint density at radius 1 is 1.09 bits per heavy atom. The van der Waals surface area contributed by atoms with E-state index >= 15 is 0 Å². The van der Waals surface area contributed by atoms with Crippen LogP contribution < -0.4 is 25.8 Å². The molecule has 0 aliphatic heterocycles. The molecule has 2 heterocycles. The molecule has 0 fully saturated rings. The maximum Gasteiger partial charge on any atom is 0.324 e. The first-order chi connectivity index (χ1) is 16.1. The molecule has 0 radical (unpaired) electrons. The zero-order chi connectivity index (χ0) is 24.5. The van der Waals surface area contributed by atoms with Gasteiger partial charge in [0.05, 0.1) is 34.7 Å². The van der Waals surface area contributed by atoms with Crippen LogP contribution in [-0.4, -0.2) is 28.3 Å². The first kappa shape index (κ1) is 23.2. The van der Waals surface area contributed by atoms with Gasteiger partial charge in [-0.25, -0.2) is 4.79 Å². The highest BCUT2D eigenvalue weighted by Gasteiger charge is 2.18. The zero-order valence-electron chi connectivity index (χ0n) is 19.2. The molecule has 0 aliphatic rings. The summed E-state index contributed by atoms with van der Waals surface area (Å²) in [6.07, 6.45) is 1.63. The number of benzene rings is 2. The van der Waals surface area contributed by atoms with Gasteiger partial charge < -0.3 is 20.5 Å². The van der Waals surface area contributed by atoms with Crippen molar-refractivity contribution in [2.75, 3.05) is 23.5 Å². The molecular formula is C24H25ClN6O3. The molecule has 2 amide bonds. The Balaban J connectivity index is 1.48. The van der Waals surface area contributed by atoms with Crippen LogP contribution in [0.4, 0.5) is 22.0 Å². The monoisotopic (exact) mass is 480 g/mol. The van der Waals surface area contributed by atoms with Gasteiger partial charge in [0.2, 0.25) is 0 Å². The van der Waals surface area contributed by atoms with Gasteiger partial charge in [0.15, 0.2) is 0 Å². The number of halogens is 1. The van der Waals surface area contributed by atoms with Crippen LogP contribution in [0.2, 0.25) is 5.02 Å². The molecule has 0 saturated carbocycles. The number of amides is 2. The lowest BCUT2D eigenvalue weighted by Crippen LogP contribution is -2.19. The molecule has 34 heavy (non-hydrogen) atoms. The third kappa shape index (κ3) is 4.99. The maximum atomic E-state index is 12.4. The summed E-state index contributed by atoms with van der Waals surface area (Å²) >= 11 is 6.40. The molecule has 0 spiro atoms. The van der Waals surface area contributed by atoms with Crippen LogP contribution in [0.25, 0.3) is 10.9 Å². The van der Waals surface area contributed by atoms with E-state index in [0.717, 1.165) is 11.1 Å². The maximum absolute atomic E-state index is 12.4. The van der Waals surface area contributed by atoms with Gasteiger partial charge in [0.25, 0.3) is 0 Å². The number of methoxy groups -OCH3 is 1. The van der Waals surface area contributed by atoms with Crippen LogP contribution in [-0.2, 0) is 5.41 Å². The largest absolute Gasteiger partial charge is 0.495 e. The number of fused-ring (bicyclic) bond motifs is 1. The van der Waals surface area contributed by atoms with E-state index in [1.165, 1.54) is 0 Å². The number of nitrogens with one attached hydrogen (secondary N) is 3. The number of urea groups is 1. The van der Waals surface area contributed by atoms with E-state index in [-0.39, 0.29) is 5.41 Å². The molecular weight excluding hydrogens is 456 g/mol. The average molecular weight is 481 g/mol. The van der Waals surface area contributed by atoms with Gasteiger partial charge in [-0.05, 0) is 24.3 Å². The molecule has 0 aliphatic carbocycles. The number of hydrogen-bond acceptors (Lipinski definition) is 6. The van der Waals surface area contributed by atoms with Gasteiger partial charge in [-0.1, -0.05) is 32.4 Å². The summed E-state index contributed by atoms with van der Waals surface area (Å²) in [5, 5.41) is 13.5. The van der Waals surface area contributed by atoms with E-state index in [2.05, 4.69) is 25.8 Å². The van der Waals surface area contributed by atoms with Crippen LogP contribution in [0.15, 0.2) is 48.7 Å². The van der Waals surface area contributed by atoms with Gasteiger partial charge in [0, 0.05) is 35.2 Å². The summed E-state index contributed by atoms with van der Waals surface area (Å²) in [5.74, 6) is 2.07. The normalized spacial score (nSPS) is 11.3. The molecule has 0 unspecified atom stereocenters. The Hall–Kier alpha value is -3.98. The number of carbonyl (C=O) groups is 1. The second kappa shape index (κ2) is 9.11. The Morgan fingerprint density at radius 2 is 1.88 bits per heavy atom. The summed E-state index contributed by atoms with van der Waals surface area (Å²) < 4.78 is 11.3. The van der Waals surface area contributed by atoms with Crippen LogP contribution in [0.3, 0.4) is 0 Å². The van der Waals surface area contributed by atoms with Gasteiger partial charge in [-0.15, -0.1) is 0 Å². The quantitative estimate of drug-likeness (QED) is 0.262. The van der Waals surface area contributed by atoms with Crippen molar-refractivity contribution in [2.24, 2.45) is 0 Å². The Bertz CT molecular complexity index is 1360. The molecule has 5 N–H and O–H groups in total. The molecule has 0 bridgehead atoms. The van der Waals surface area contributed by atoms with Crippen molar-refractivity contribution in [3.05, 3.63) is 59.4 Å². The Morgan fingerprint density at radius 3 is 2.56 bits per heavy atom. The van der Waals surface area contributed by atoms with Crippen molar-refractivity contribution in [3.8, 4) is 17.2 Å². The molecule has 2 aromatic carbocycles. The molecule has 9 nitrogen and oxygen atoms in total. The lowest BCUT2D eigenvalue weighted by Gasteiger charge is -2.13. The number of pyridine rings is 1. The standard InChI is InChI=1S/C24H25ClN6O3/c1-24(2,3)21-12-22(31-30-21)29-23(32)28-17-6-5-13(9-15(17)25)34-19-7-8-27-18-11-20(33-4)16(26)10-14(18)19/h5-12H,26H2,1-4H3,(H3,28,29,30,31,32). The fourth-order valence-corrected chi connectivity index (χ4v) is 3.48. The van der Waals surface area contributed by atoms with Crippen molar-refractivity contribution in [2.45, 2.75) is 26.2 Å². The minimum absolute atomic E-state index is 0.135. The predicted octanol–water partition coefficient (Wildman–Crippen LogP) is 5.94. The zero-order valence-corrected chi connectivity index (χ0v) is 19.9. The van der Waals surface area contributed by atoms with E-state index in [1.54, 1.807) is 55.8 Å². The number of nitrogen functional groups attached to an aromatic ring is 1. The molecule has 4 aromatic rings. The lowest BCUT2D eigenvalue weighted by atomic mass is 9.92. The minimum atomic E-state index is -0.454. The average Bonchev–Trinajstić information content (AvgIpc) is 3.24. The number of aromatic nitrogens is 3. The van der Waals surface area contributed by atoms with E-state index in [1.807, 2.05) is 20.8 Å². The van der Waals surface area contributed by atoms with E-state index in [0.29, 0.717) is 45.0 Å². The van der Waals surface area contributed by atoms with Crippen LogP contribution >= 0.6 is 11.6 Å². The van der Waals surface area contributed by atoms with E-state index in [4.69, 9.17) is 26.8 Å². The topological polar surface area (TPSA) is 127 Å². The Kier molecular flexibility index (Phi) is 6.21. The molecule has 176 valence electrons. The molecule has 0 atom stereocenters. The SMILES string of the molecule is COc1cc2nccc(Oc3ccc(NC(=O)Nc4cc(C(C)(C)C)n[nH]4)c(Cl)c3)c2cc1N. The number of rotatable bonds is 5. The third-order valence-corrected chi connectivity index (χ3v) is 5.38. The number of nitrogens with two attached hydrogens (primary N) is 1. The number of hydrogen-bond donors (Lipinski definition) is 4. The molecule has 2 aromatic heterocycles. The summed E-state index contributed by atoms with van der Waals surface area (Å²) in [4.78, 5) is 16.8. The number of nitrogens with zero attached hydrogens (tertiary/aromatic N) is 2. The lowest BCUT2D eigenvalue weighted by molar-refractivity contribution is 0.262.